The van der Waals surface area contributed by atoms with Gasteiger partial charge in [0.15, 0.2) is 0 Å². The molecule has 1 fully saturated rings. The van der Waals surface area contributed by atoms with Crippen LogP contribution in [0.25, 0.3) is 0 Å². The van der Waals surface area contributed by atoms with Crippen LogP contribution in [-0.4, -0.2) is 32.3 Å². The van der Waals surface area contributed by atoms with Gasteiger partial charge in [-0.1, -0.05) is 0 Å². The van der Waals surface area contributed by atoms with Gasteiger partial charge in [0.2, 0.25) is 0 Å². The van der Waals surface area contributed by atoms with Crippen molar-refractivity contribution in [2.75, 3.05) is 30.5 Å². The van der Waals surface area contributed by atoms with Crippen molar-refractivity contribution in [2.45, 2.75) is 0 Å². The van der Waals surface area contributed by atoms with Gasteiger partial charge in [-0.15, -0.1) is 0 Å². The first-order valence-electron chi connectivity index (χ1n) is 7.17. The normalized spacial score (nSPS) is 13.6. The number of methoxy groups -OCH3 is 1. The highest BCUT2D eigenvalue weighted by atomic mass is 16.6. The summed E-state index contributed by atoms with van der Waals surface area (Å²) in [5.74, 6) is 0.490. The molecule has 6 nitrogen and oxygen atoms in total. The molecule has 1 aliphatic rings. The van der Waals surface area contributed by atoms with Gasteiger partial charge in [-0.3, -0.25) is 9.69 Å². The molecule has 1 aliphatic heterocycles. The Kier molecular flexibility index (Phi) is 4.14. The summed E-state index contributed by atoms with van der Waals surface area (Å²) in [6, 6.07) is 13.9. The van der Waals surface area contributed by atoms with E-state index in [0.717, 1.165) is 5.69 Å². The second-order valence-electron chi connectivity index (χ2n) is 5.00. The van der Waals surface area contributed by atoms with Gasteiger partial charge in [-0.25, -0.2) is 4.79 Å². The highest BCUT2D eigenvalue weighted by Gasteiger charge is 2.23. The molecule has 3 rings (SSSR count). The van der Waals surface area contributed by atoms with Crippen molar-refractivity contribution in [3.63, 3.8) is 0 Å². The number of cyclic esters (lactones) is 1. The van der Waals surface area contributed by atoms with Crippen molar-refractivity contribution in [1.82, 2.24) is 0 Å². The first-order chi connectivity index (χ1) is 11.2. The Bertz CT molecular complexity index is 710. The molecule has 6 heteroatoms. The zero-order valence-corrected chi connectivity index (χ0v) is 12.6. The molecule has 0 spiro atoms. The molecule has 2 amide bonds. The Hall–Kier alpha value is -3.02. The third kappa shape index (κ3) is 3.26. The fraction of sp³-hybridized carbons (Fsp3) is 0.176. The summed E-state index contributed by atoms with van der Waals surface area (Å²) >= 11 is 0. The van der Waals surface area contributed by atoms with E-state index in [1.165, 1.54) is 0 Å². The lowest BCUT2D eigenvalue weighted by atomic mass is 10.2. The summed E-state index contributed by atoms with van der Waals surface area (Å²) in [5, 5.41) is 2.81. The first-order valence-corrected chi connectivity index (χ1v) is 7.17. The summed E-state index contributed by atoms with van der Waals surface area (Å²) in [7, 11) is 1.58. The van der Waals surface area contributed by atoms with E-state index in [1.807, 2.05) is 0 Å². The molecule has 0 saturated carbocycles. The summed E-state index contributed by atoms with van der Waals surface area (Å²) in [6.07, 6.45) is -0.347. The van der Waals surface area contributed by atoms with E-state index in [9.17, 15) is 9.59 Å². The predicted octanol–water partition coefficient (Wildman–Crippen LogP) is 2.90. The average molecular weight is 312 g/mol. The molecular formula is C17H16N2O4. The van der Waals surface area contributed by atoms with E-state index in [1.54, 1.807) is 60.5 Å². The number of carbonyl (C=O) groups excluding carboxylic acids is 2. The molecule has 0 radical (unpaired) electrons. The molecule has 118 valence electrons. The van der Waals surface area contributed by atoms with Crippen LogP contribution in [-0.2, 0) is 4.74 Å². The number of rotatable bonds is 4. The van der Waals surface area contributed by atoms with Crippen molar-refractivity contribution in [1.29, 1.82) is 0 Å². The van der Waals surface area contributed by atoms with Crippen molar-refractivity contribution < 1.29 is 19.1 Å². The summed E-state index contributed by atoms with van der Waals surface area (Å²) in [5.41, 5.74) is 1.94. The standard InChI is InChI=1S/C17H16N2O4/c1-22-15-8-2-12(3-9-15)16(20)18-13-4-6-14(7-5-13)19-10-11-23-17(19)21/h2-9H,10-11H2,1H3,(H,18,20). The Morgan fingerprint density at radius 2 is 1.83 bits per heavy atom. The lowest BCUT2D eigenvalue weighted by molar-refractivity contribution is 0.102. The zero-order valence-electron chi connectivity index (χ0n) is 12.6. The van der Waals surface area contributed by atoms with Gasteiger partial charge in [0.05, 0.1) is 13.7 Å². The molecule has 0 aliphatic carbocycles. The SMILES string of the molecule is COc1ccc(C(=O)Nc2ccc(N3CCOC3=O)cc2)cc1. The van der Waals surface area contributed by atoms with Crippen LogP contribution in [0, 0.1) is 0 Å². The number of nitrogens with zero attached hydrogens (tertiary/aromatic N) is 1. The number of ether oxygens (including phenoxy) is 2. The lowest BCUT2D eigenvalue weighted by Gasteiger charge is -2.13. The number of hydrogen-bond donors (Lipinski definition) is 1. The summed E-state index contributed by atoms with van der Waals surface area (Å²) in [6.45, 7) is 0.936. The summed E-state index contributed by atoms with van der Waals surface area (Å²) < 4.78 is 9.96. The fourth-order valence-electron chi connectivity index (χ4n) is 2.30. The molecular weight excluding hydrogens is 296 g/mol. The molecule has 23 heavy (non-hydrogen) atoms. The molecule has 2 aromatic rings. The maximum Gasteiger partial charge on any atom is 0.414 e. The second kappa shape index (κ2) is 6.39. The van der Waals surface area contributed by atoms with E-state index >= 15 is 0 Å². The van der Waals surface area contributed by atoms with Gasteiger partial charge in [0.25, 0.3) is 5.91 Å². The maximum absolute atomic E-state index is 12.2. The van der Waals surface area contributed by atoms with Gasteiger partial charge in [0.1, 0.15) is 12.4 Å². The number of benzene rings is 2. The topological polar surface area (TPSA) is 67.9 Å². The number of hydrogen-bond acceptors (Lipinski definition) is 4. The monoisotopic (exact) mass is 312 g/mol. The van der Waals surface area contributed by atoms with Gasteiger partial charge in [0, 0.05) is 16.9 Å². The smallest absolute Gasteiger partial charge is 0.414 e. The Morgan fingerprint density at radius 1 is 1.13 bits per heavy atom. The number of amides is 2. The molecule has 1 saturated heterocycles. The number of nitrogens with one attached hydrogen (secondary N) is 1. The second-order valence-corrected chi connectivity index (χ2v) is 5.00. The van der Waals surface area contributed by atoms with E-state index in [-0.39, 0.29) is 12.0 Å². The van der Waals surface area contributed by atoms with Crippen LogP contribution in [0.5, 0.6) is 5.75 Å². The van der Waals surface area contributed by atoms with E-state index in [0.29, 0.717) is 30.2 Å². The van der Waals surface area contributed by atoms with Crippen molar-refractivity contribution in [3.05, 3.63) is 54.1 Å². The Morgan fingerprint density at radius 3 is 2.39 bits per heavy atom. The lowest BCUT2D eigenvalue weighted by Crippen LogP contribution is -2.23. The number of anilines is 2. The van der Waals surface area contributed by atoms with E-state index in [4.69, 9.17) is 9.47 Å². The molecule has 0 atom stereocenters. The first kappa shape index (κ1) is 14.9. The third-order valence-corrected chi connectivity index (χ3v) is 3.55. The van der Waals surface area contributed by atoms with E-state index < -0.39 is 0 Å². The summed E-state index contributed by atoms with van der Waals surface area (Å²) in [4.78, 5) is 25.2. The van der Waals surface area contributed by atoms with Crippen LogP contribution >= 0.6 is 0 Å². The average Bonchev–Trinajstić information content (AvgIpc) is 3.01. The van der Waals surface area contributed by atoms with Crippen LogP contribution in [0.3, 0.4) is 0 Å². The Labute approximate surface area is 133 Å². The van der Waals surface area contributed by atoms with Gasteiger partial charge < -0.3 is 14.8 Å². The van der Waals surface area contributed by atoms with Gasteiger partial charge in [-0.05, 0) is 48.5 Å². The zero-order chi connectivity index (χ0) is 16.2. The van der Waals surface area contributed by atoms with Gasteiger partial charge in [-0.2, -0.15) is 0 Å². The molecule has 0 unspecified atom stereocenters. The third-order valence-electron chi connectivity index (χ3n) is 3.55. The quantitative estimate of drug-likeness (QED) is 0.942. The van der Waals surface area contributed by atoms with Crippen LogP contribution in [0.1, 0.15) is 10.4 Å². The molecule has 0 bridgehead atoms. The highest BCUT2D eigenvalue weighted by Crippen LogP contribution is 2.21. The molecule has 1 N–H and O–H groups in total. The van der Waals surface area contributed by atoms with Crippen molar-refractivity contribution >= 4 is 23.4 Å². The molecule has 0 aromatic heterocycles. The highest BCUT2D eigenvalue weighted by molar-refractivity contribution is 6.04. The number of carbonyl (C=O) groups is 2. The van der Waals surface area contributed by atoms with Crippen molar-refractivity contribution in [3.8, 4) is 5.75 Å². The molecule has 1 heterocycles. The minimum atomic E-state index is -0.347. The van der Waals surface area contributed by atoms with Crippen LogP contribution < -0.4 is 15.0 Å². The minimum Gasteiger partial charge on any atom is -0.497 e. The predicted molar refractivity (Wildman–Crippen MR) is 86.1 cm³/mol. The molecule has 2 aromatic carbocycles. The van der Waals surface area contributed by atoms with Crippen LogP contribution in [0.2, 0.25) is 0 Å². The largest absolute Gasteiger partial charge is 0.497 e. The maximum atomic E-state index is 12.2. The van der Waals surface area contributed by atoms with Gasteiger partial charge >= 0.3 is 6.09 Å². The Balaban J connectivity index is 1.67. The minimum absolute atomic E-state index is 0.207. The van der Waals surface area contributed by atoms with Crippen LogP contribution in [0.4, 0.5) is 16.2 Å². The fourth-order valence-corrected chi connectivity index (χ4v) is 2.30. The van der Waals surface area contributed by atoms with E-state index in [2.05, 4.69) is 5.32 Å². The van der Waals surface area contributed by atoms with Crippen molar-refractivity contribution in [2.24, 2.45) is 0 Å². The van der Waals surface area contributed by atoms with Crippen LogP contribution in [0.15, 0.2) is 48.5 Å².